The van der Waals surface area contributed by atoms with Crippen LogP contribution < -0.4 is 10.9 Å². The fourth-order valence-electron chi connectivity index (χ4n) is 3.48. The zero-order valence-corrected chi connectivity index (χ0v) is 12.6. The highest BCUT2D eigenvalue weighted by Gasteiger charge is 2.33. The van der Waals surface area contributed by atoms with Gasteiger partial charge in [0.05, 0.1) is 6.33 Å². The fraction of sp³-hybridized carbons (Fsp3) is 0.800. The summed E-state index contributed by atoms with van der Waals surface area (Å²) in [4.78, 5) is 9.82. The van der Waals surface area contributed by atoms with Crippen LogP contribution in [0.1, 0.15) is 38.8 Å². The molecule has 0 bridgehead atoms. The summed E-state index contributed by atoms with van der Waals surface area (Å²) in [6.07, 6.45) is 7.59. The maximum absolute atomic E-state index is 4.09. The van der Waals surface area contributed by atoms with Gasteiger partial charge in [0, 0.05) is 30.5 Å². The molecule has 5 nitrogen and oxygen atoms in total. The summed E-state index contributed by atoms with van der Waals surface area (Å²) in [6, 6.07) is 1.31. The second kappa shape index (κ2) is 6.24. The normalized spacial score (nSPS) is 29.4. The van der Waals surface area contributed by atoms with Gasteiger partial charge in [0.1, 0.15) is 0 Å². The van der Waals surface area contributed by atoms with Crippen molar-refractivity contribution in [1.82, 2.24) is 25.7 Å². The number of rotatable bonds is 4. The van der Waals surface area contributed by atoms with Gasteiger partial charge in [0.25, 0.3) is 0 Å². The van der Waals surface area contributed by atoms with Gasteiger partial charge in [-0.25, -0.2) is 4.98 Å². The Morgan fingerprint density at radius 1 is 1.30 bits per heavy atom. The molecule has 2 saturated heterocycles. The Kier molecular flexibility index (Phi) is 4.38. The third-order valence-corrected chi connectivity index (χ3v) is 4.92. The van der Waals surface area contributed by atoms with Gasteiger partial charge in [-0.3, -0.25) is 15.8 Å². The molecule has 0 spiro atoms. The standard InChI is InChI=1S/C15H27N5/c1-11(2)14-7-15(19-18-14)12-3-5-20(6-4-12)9-13-8-16-10-17-13/h8,10-12,14-15,18-19H,3-7,9H2,1-2H3,(H,16,17). The second-order valence-corrected chi connectivity index (χ2v) is 6.67. The minimum absolute atomic E-state index is 0.642. The van der Waals surface area contributed by atoms with Gasteiger partial charge in [-0.05, 0) is 44.2 Å². The van der Waals surface area contributed by atoms with Crippen molar-refractivity contribution in [1.29, 1.82) is 0 Å². The van der Waals surface area contributed by atoms with Crippen molar-refractivity contribution in [2.24, 2.45) is 11.8 Å². The summed E-state index contributed by atoms with van der Waals surface area (Å²) in [7, 11) is 0. The van der Waals surface area contributed by atoms with Crippen LogP contribution in [0.15, 0.2) is 12.5 Å². The molecule has 1 aromatic heterocycles. The van der Waals surface area contributed by atoms with Gasteiger partial charge in [-0.2, -0.15) is 0 Å². The van der Waals surface area contributed by atoms with Gasteiger partial charge < -0.3 is 4.98 Å². The first-order chi connectivity index (χ1) is 9.72. The number of hydrogen-bond donors (Lipinski definition) is 3. The van der Waals surface area contributed by atoms with Crippen LogP contribution in [0.4, 0.5) is 0 Å². The molecule has 0 radical (unpaired) electrons. The van der Waals surface area contributed by atoms with Gasteiger partial charge in [0.15, 0.2) is 0 Å². The SMILES string of the molecule is CC(C)C1CC(C2CCN(Cc3cnc[nH]3)CC2)NN1. The average Bonchev–Trinajstić information content (AvgIpc) is 3.10. The summed E-state index contributed by atoms with van der Waals surface area (Å²) in [5.74, 6) is 1.54. The first-order valence-electron chi connectivity index (χ1n) is 7.93. The van der Waals surface area contributed by atoms with Crippen LogP contribution in [0, 0.1) is 11.8 Å². The van der Waals surface area contributed by atoms with Gasteiger partial charge in [0.2, 0.25) is 0 Å². The van der Waals surface area contributed by atoms with Crippen LogP contribution in [-0.4, -0.2) is 40.0 Å². The minimum Gasteiger partial charge on any atom is -0.347 e. The number of hydrazine groups is 1. The van der Waals surface area contributed by atoms with E-state index in [4.69, 9.17) is 0 Å². The predicted octanol–water partition coefficient (Wildman–Crippen LogP) is 1.51. The summed E-state index contributed by atoms with van der Waals surface area (Å²) >= 11 is 0. The van der Waals surface area contributed by atoms with Crippen molar-refractivity contribution >= 4 is 0 Å². The molecule has 0 aliphatic carbocycles. The van der Waals surface area contributed by atoms with Crippen molar-refractivity contribution in [3.05, 3.63) is 18.2 Å². The van der Waals surface area contributed by atoms with E-state index >= 15 is 0 Å². The lowest BCUT2D eigenvalue weighted by molar-refractivity contribution is 0.154. The molecule has 0 aromatic carbocycles. The van der Waals surface area contributed by atoms with Crippen molar-refractivity contribution in [3.63, 3.8) is 0 Å². The van der Waals surface area contributed by atoms with Crippen molar-refractivity contribution in [2.75, 3.05) is 13.1 Å². The van der Waals surface area contributed by atoms with E-state index in [2.05, 4.69) is 39.6 Å². The highest BCUT2D eigenvalue weighted by atomic mass is 15.4. The van der Waals surface area contributed by atoms with E-state index < -0.39 is 0 Å². The molecule has 2 fully saturated rings. The van der Waals surface area contributed by atoms with E-state index in [1.54, 1.807) is 6.33 Å². The zero-order valence-electron chi connectivity index (χ0n) is 12.6. The fourth-order valence-corrected chi connectivity index (χ4v) is 3.48. The van der Waals surface area contributed by atoms with Crippen LogP contribution in [0.2, 0.25) is 0 Å². The molecule has 3 N–H and O–H groups in total. The second-order valence-electron chi connectivity index (χ2n) is 6.67. The Labute approximate surface area is 121 Å². The van der Waals surface area contributed by atoms with Crippen LogP contribution >= 0.6 is 0 Å². The molecular weight excluding hydrogens is 250 g/mol. The third-order valence-electron chi connectivity index (χ3n) is 4.92. The summed E-state index contributed by atoms with van der Waals surface area (Å²) in [5.41, 5.74) is 8.23. The number of nitrogens with one attached hydrogen (secondary N) is 3. The van der Waals surface area contributed by atoms with Crippen molar-refractivity contribution in [2.45, 2.75) is 51.7 Å². The molecule has 0 amide bonds. The summed E-state index contributed by atoms with van der Waals surface area (Å²) < 4.78 is 0. The number of hydrogen-bond acceptors (Lipinski definition) is 4. The number of likely N-dealkylation sites (tertiary alicyclic amines) is 1. The van der Waals surface area contributed by atoms with Crippen LogP contribution in [-0.2, 0) is 6.54 Å². The quantitative estimate of drug-likeness (QED) is 0.781. The van der Waals surface area contributed by atoms with E-state index in [0.717, 1.165) is 12.5 Å². The molecular formula is C15H27N5. The molecule has 0 saturated carbocycles. The Morgan fingerprint density at radius 2 is 2.10 bits per heavy atom. The molecule has 3 heterocycles. The number of imidazole rings is 1. The lowest BCUT2D eigenvalue weighted by Crippen LogP contribution is -2.42. The number of aromatic nitrogens is 2. The molecule has 20 heavy (non-hydrogen) atoms. The van der Waals surface area contributed by atoms with Gasteiger partial charge in [-0.15, -0.1) is 0 Å². The van der Waals surface area contributed by atoms with E-state index in [1.165, 1.54) is 38.0 Å². The topological polar surface area (TPSA) is 56.0 Å². The predicted molar refractivity (Wildman–Crippen MR) is 79.9 cm³/mol. The molecule has 1 aromatic rings. The Hall–Kier alpha value is -0.910. The molecule has 112 valence electrons. The highest BCUT2D eigenvalue weighted by molar-refractivity contribution is 4.95. The van der Waals surface area contributed by atoms with E-state index in [1.807, 2.05) is 6.20 Å². The lowest BCUT2D eigenvalue weighted by atomic mass is 9.85. The third kappa shape index (κ3) is 3.22. The summed E-state index contributed by atoms with van der Waals surface area (Å²) in [6.45, 7) is 8.02. The van der Waals surface area contributed by atoms with Crippen molar-refractivity contribution in [3.8, 4) is 0 Å². The molecule has 2 atom stereocenters. The average molecular weight is 277 g/mol. The Bertz CT molecular complexity index is 394. The van der Waals surface area contributed by atoms with Crippen LogP contribution in [0.5, 0.6) is 0 Å². The van der Waals surface area contributed by atoms with E-state index in [0.29, 0.717) is 18.0 Å². The van der Waals surface area contributed by atoms with E-state index in [9.17, 15) is 0 Å². The maximum Gasteiger partial charge on any atom is 0.0922 e. The first-order valence-corrected chi connectivity index (χ1v) is 7.93. The maximum atomic E-state index is 4.09. The summed E-state index contributed by atoms with van der Waals surface area (Å²) in [5, 5.41) is 0. The van der Waals surface area contributed by atoms with Crippen LogP contribution in [0.25, 0.3) is 0 Å². The van der Waals surface area contributed by atoms with E-state index in [-0.39, 0.29) is 0 Å². The largest absolute Gasteiger partial charge is 0.347 e. The van der Waals surface area contributed by atoms with Gasteiger partial charge >= 0.3 is 0 Å². The van der Waals surface area contributed by atoms with Crippen molar-refractivity contribution < 1.29 is 0 Å². The lowest BCUT2D eigenvalue weighted by Gasteiger charge is -2.34. The molecule has 2 aliphatic heterocycles. The number of piperidine rings is 1. The molecule has 3 rings (SSSR count). The zero-order chi connectivity index (χ0) is 13.9. The molecule has 5 heteroatoms. The number of H-pyrrole nitrogens is 1. The minimum atomic E-state index is 0.642. The first kappa shape index (κ1) is 14.0. The Morgan fingerprint density at radius 3 is 2.70 bits per heavy atom. The monoisotopic (exact) mass is 277 g/mol. The Balaban J connectivity index is 1.44. The highest BCUT2D eigenvalue weighted by Crippen LogP contribution is 2.27. The molecule has 2 unspecified atom stereocenters. The van der Waals surface area contributed by atoms with Gasteiger partial charge in [-0.1, -0.05) is 13.8 Å². The number of nitrogens with zero attached hydrogens (tertiary/aromatic N) is 2. The smallest absolute Gasteiger partial charge is 0.0922 e. The van der Waals surface area contributed by atoms with Crippen LogP contribution in [0.3, 0.4) is 0 Å². The molecule has 2 aliphatic rings. The number of aromatic amines is 1.